The quantitative estimate of drug-likeness (QED) is 0.780. The maximum atomic E-state index is 13.5. The molecule has 1 aromatic rings. The first kappa shape index (κ1) is 13.3. The van der Waals surface area contributed by atoms with Crippen LogP contribution >= 0.6 is 11.6 Å². The van der Waals surface area contributed by atoms with E-state index in [-0.39, 0.29) is 17.2 Å². The first-order chi connectivity index (χ1) is 8.10. The summed E-state index contributed by atoms with van der Waals surface area (Å²) in [5.41, 5.74) is -0.176. The lowest BCUT2D eigenvalue weighted by Gasteiger charge is -2.12. The van der Waals surface area contributed by atoms with Crippen molar-refractivity contribution in [2.24, 2.45) is 0 Å². The van der Waals surface area contributed by atoms with Crippen LogP contribution in [0.5, 0.6) is 0 Å². The minimum Gasteiger partial charge on any atom is -0.435 e. The number of carbonyl (C=O) groups is 1. The topological polar surface area (TPSA) is 59.3 Å². The highest BCUT2D eigenvalue weighted by atomic mass is 35.5. The normalized spacial score (nSPS) is 11.4. The minimum absolute atomic E-state index is 0.0147. The number of hydrogen-bond acceptors (Lipinski definition) is 4. The molecule has 0 bridgehead atoms. The zero-order valence-corrected chi connectivity index (χ0v) is 9.70. The Hall–Kier alpha value is -1.80. The van der Waals surface area contributed by atoms with Crippen LogP contribution in [0.2, 0.25) is 5.02 Å². The molecule has 0 N–H and O–H groups in total. The van der Waals surface area contributed by atoms with Crippen LogP contribution in [0.1, 0.15) is 18.6 Å². The largest absolute Gasteiger partial charge is 0.509 e. The fraction of sp³-hybridized carbons (Fsp3) is 0.273. The van der Waals surface area contributed by atoms with Gasteiger partial charge in [-0.2, -0.15) is 5.26 Å². The minimum atomic E-state index is -1.43. The van der Waals surface area contributed by atoms with E-state index in [0.717, 1.165) is 6.07 Å². The van der Waals surface area contributed by atoms with Gasteiger partial charge in [0.1, 0.15) is 11.9 Å². The lowest BCUT2D eigenvalue weighted by atomic mass is 10.1. The first-order valence-electron chi connectivity index (χ1n) is 4.77. The third kappa shape index (κ3) is 3.33. The number of ether oxygens (including phenoxy) is 2. The number of halogens is 2. The summed E-state index contributed by atoms with van der Waals surface area (Å²) in [4.78, 5) is 11.0. The Kier molecular flexibility index (Phi) is 4.73. The molecule has 1 aromatic carbocycles. The molecule has 0 aliphatic carbocycles. The fourth-order valence-corrected chi connectivity index (χ4v) is 1.42. The second-order valence-electron chi connectivity index (χ2n) is 2.95. The van der Waals surface area contributed by atoms with Gasteiger partial charge in [0.25, 0.3) is 0 Å². The molecule has 0 aromatic heterocycles. The van der Waals surface area contributed by atoms with Gasteiger partial charge in [-0.3, -0.25) is 0 Å². The van der Waals surface area contributed by atoms with Gasteiger partial charge in [-0.1, -0.05) is 17.7 Å². The zero-order chi connectivity index (χ0) is 12.8. The molecule has 0 aliphatic rings. The van der Waals surface area contributed by atoms with Crippen LogP contribution in [0.15, 0.2) is 18.2 Å². The molecular formula is C11H9ClFNO3. The highest BCUT2D eigenvalue weighted by molar-refractivity contribution is 6.31. The number of nitriles is 1. The van der Waals surface area contributed by atoms with Gasteiger partial charge in [0, 0.05) is 0 Å². The first-order valence-corrected chi connectivity index (χ1v) is 5.14. The van der Waals surface area contributed by atoms with Crippen molar-refractivity contribution in [3.05, 3.63) is 34.6 Å². The number of benzene rings is 1. The van der Waals surface area contributed by atoms with Gasteiger partial charge in [0.05, 0.1) is 17.2 Å². The van der Waals surface area contributed by atoms with Crippen LogP contribution in [-0.2, 0) is 9.47 Å². The van der Waals surface area contributed by atoms with Gasteiger partial charge in [-0.15, -0.1) is 0 Å². The molecule has 0 amide bonds. The SMILES string of the molecule is CCOC(=O)OC(C#N)c1c(F)cccc1Cl. The molecule has 0 saturated heterocycles. The fourth-order valence-electron chi connectivity index (χ4n) is 1.16. The summed E-state index contributed by atoms with van der Waals surface area (Å²) < 4.78 is 22.6. The van der Waals surface area contributed by atoms with Crippen LogP contribution in [-0.4, -0.2) is 12.8 Å². The molecule has 90 valence electrons. The van der Waals surface area contributed by atoms with E-state index in [1.807, 2.05) is 0 Å². The van der Waals surface area contributed by atoms with E-state index < -0.39 is 18.1 Å². The summed E-state index contributed by atoms with van der Waals surface area (Å²) in [7, 11) is 0. The number of carbonyl (C=O) groups excluding carboxylic acids is 1. The maximum absolute atomic E-state index is 13.5. The zero-order valence-electron chi connectivity index (χ0n) is 8.94. The van der Waals surface area contributed by atoms with Gasteiger partial charge in [0.2, 0.25) is 6.10 Å². The van der Waals surface area contributed by atoms with Crippen molar-refractivity contribution in [2.75, 3.05) is 6.61 Å². The molecule has 1 atom stereocenters. The molecule has 0 fully saturated rings. The third-order valence-corrected chi connectivity index (χ3v) is 2.19. The third-order valence-electron chi connectivity index (χ3n) is 1.86. The Morgan fingerprint density at radius 3 is 2.88 bits per heavy atom. The standard InChI is InChI=1S/C11H9ClFNO3/c1-2-16-11(15)17-9(6-14)10-7(12)4-3-5-8(10)13/h3-5,9H,2H2,1H3. The van der Waals surface area contributed by atoms with Crippen molar-refractivity contribution < 1.29 is 18.7 Å². The summed E-state index contributed by atoms with van der Waals surface area (Å²) in [6.45, 7) is 1.68. The predicted molar refractivity (Wildman–Crippen MR) is 57.9 cm³/mol. The molecule has 0 radical (unpaired) electrons. The average Bonchev–Trinajstić information content (AvgIpc) is 2.27. The van der Waals surface area contributed by atoms with Gasteiger partial charge in [-0.25, -0.2) is 9.18 Å². The Morgan fingerprint density at radius 1 is 1.65 bits per heavy atom. The maximum Gasteiger partial charge on any atom is 0.509 e. The van der Waals surface area contributed by atoms with E-state index in [2.05, 4.69) is 9.47 Å². The molecule has 1 unspecified atom stereocenters. The van der Waals surface area contributed by atoms with Crippen molar-refractivity contribution in [1.29, 1.82) is 5.26 Å². The molecule has 0 heterocycles. The molecule has 0 saturated carbocycles. The van der Waals surface area contributed by atoms with Gasteiger partial charge < -0.3 is 9.47 Å². The highest BCUT2D eigenvalue weighted by Gasteiger charge is 2.23. The van der Waals surface area contributed by atoms with Crippen LogP contribution in [0.4, 0.5) is 9.18 Å². The molecule has 1 rings (SSSR count). The van der Waals surface area contributed by atoms with E-state index in [4.69, 9.17) is 16.9 Å². The van der Waals surface area contributed by atoms with Gasteiger partial charge in [0.15, 0.2) is 0 Å². The Balaban J connectivity index is 2.95. The molecule has 6 heteroatoms. The highest BCUT2D eigenvalue weighted by Crippen LogP contribution is 2.28. The molecule has 17 heavy (non-hydrogen) atoms. The Bertz CT molecular complexity index is 438. The monoisotopic (exact) mass is 257 g/mol. The summed E-state index contributed by atoms with van der Waals surface area (Å²) in [5, 5.41) is 8.85. The molecule has 0 aliphatic heterocycles. The van der Waals surface area contributed by atoms with Gasteiger partial charge in [-0.05, 0) is 19.1 Å². The van der Waals surface area contributed by atoms with Crippen LogP contribution in [0, 0.1) is 17.1 Å². The predicted octanol–water partition coefficient (Wildman–Crippen LogP) is 3.22. The Labute approximate surface area is 103 Å². The molecular weight excluding hydrogens is 249 g/mol. The van der Waals surface area contributed by atoms with E-state index in [9.17, 15) is 9.18 Å². The van der Waals surface area contributed by atoms with Gasteiger partial charge >= 0.3 is 6.16 Å². The van der Waals surface area contributed by atoms with Crippen molar-refractivity contribution in [1.82, 2.24) is 0 Å². The van der Waals surface area contributed by atoms with Crippen molar-refractivity contribution in [2.45, 2.75) is 13.0 Å². The summed E-state index contributed by atoms with van der Waals surface area (Å²) in [6, 6.07) is 5.56. The number of nitrogens with zero attached hydrogens (tertiary/aromatic N) is 1. The van der Waals surface area contributed by atoms with Crippen molar-refractivity contribution in [3.63, 3.8) is 0 Å². The van der Waals surface area contributed by atoms with E-state index in [1.165, 1.54) is 12.1 Å². The van der Waals surface area contributed by atoms with Crippen molar-refractivity contribution in [3.8, 4) is 6.07 Å². The van der Waals surface area contributed by atoms with E-state index in [0.29, 0.717) is 0 Å². The van der Waals surface area contributed by atoms with E-state index in [1.54, 1.807) is 13.0 Å². The number of rotatable bonds is 3. The number of hydrogen-bond donors (Lipinski definition) is 0. The Morgan fingerprint density at radius 2 is 2.35 bits per heavy atom. The molecule has 4 nitrogen and oxygen atoms in total. The van der Waals surface area contributed by atoms with Crippen molar-refractivity contribution >= 4 is 17.8 Å². The second-order valence-corrected chi connectivity index (χ2v) is 3.35. The average molecular weight is 258 g/mol. The van der Waals surface area contributed by atoms with E-state index >= 15 is 0 Å². The van der Waals surface area contributed by atoms with Crippen LogP contribution in [0.3, 0.4) is 0 Å². The summed E-state index contributed by atoms with van der Waals surface area (Å²) in [5.74, 6) is -0.714. The summed E-state index contributed by atoms with van der Waals surface area (Å²) >= 11 is 5.74. The second kappa shape index (κ2) is 6.06. The lowest BCUT2D eigenvalue weighted by molar-refractivity contribution is 0.0413. The van der Waals surface area contributed by atoms with Crippen LogP contribution in [0.25, 0.3) is 0 Å². The smallest absolute Gasteiger partial charge is 0.435 e. The van der Waals surface area contributed by atoms with Crippen LogP contribution < -0.4 is 0 Å². The molecule has 0 spiro atoms. The lowest BCUT2D eigenvalue weighted by Crippen LogP contribution is -2.13. The summed E-state index contributed by atoms with van der Waals surface area (Å²) in [6.07, 6.45) is -2.47.